The first kappa shape index (κ1) is 22.2. The van der Waals surface area contributed by atoms with Gasteiger partial charge in [0.2, 0.25) is 10.0 Å². The Morgan fingerprint density at radius 2 is 1.56 bits per heavy atom. The molecule has 32 heavy (non-hydrogen) atoms. The zero-order chi connectivity index (χ0) is 23.0. The highest BCUT2D eigenvalue weighted by Crippen LogP contribution is 2.27. The average Bonchev–Trinajstić information content (AvgIpc) is 3.40. The molecule has 2 aliphatic rings. The molecule has 0 radical (unpaired) electrons. The zero-order valence-electron chi connectivity index (χ0n) is 18.0. The summed E-state index contributed by atoms with van der Waals surface area (Å²) < 4.78 is 26.7. The number of hydrogen-bond donors (Lipinski definition) is 0. The van der Waals surface area contributed by atoms with E-state index in [9.17, 15) is 22.8 Å². The summed E-state index contributed by atoms with van der Waals surface area (Å²) in [5.41, 5.74) is 1.86. The topological polar surface area (TPSA) is 95.1 Å². The SMILES string of the molecule is Cc1ccc(N2C(=O)N(CC(=O)c3ccc(S(=O)(=O)N4CCCC4)cc3)C(=O)[C@@H]2C)cc1. The first-order valence-corrected chi connectivity index (χ1v) is 12.0. The minimum absolute atomic E-state index is 0.128. The van der Waals surface area contributed by atoms with Gasteiger partial charge in [0.05, 0.1) is 11.4 Å². The highest BCUT2D eigenvalue weighted by atomic mass is 32.2. The van der Waals surface area contributed by atoms with Crippen LogP contribution < -0.4 is 4.90 Å². The third-order valence-corrected chi connectivity index (χ3v) is 7.85. The van der Waals surface area contributed by atoms with Gasteiger partial charge in [-0.3, -0.25) is 19.4 Å². The van der Waals surface area contributed by atoms with Crippen LogP contribution in [0.5, 0.6) is 0 Å². The van der Waals surface area contributed by atoms with Crippen molar-refractivity contribution in [2.24, 2.45) is 0 Å². The van der Waals surface area contributed by atoms with E-state index in [-0.39, 0.29) is 10.5 Å². The number of imide groups is 1. The summed E-state index contributed by atoms with van der Waals surface area (Å²) >= 11 is 0. The predicted molar refractivity (Wildman–Crippen MR) is 119 cm³/mol. The van der Waals surface area contributed by atoms with Gasteiger partial charge in [-0.2, -0.15) is 4.31 Å². The monoisotopic (exact) mass is 455 g/mol. The van der Waals surface area contributed by atoms with E-state index >= 15 is 0 Å². The van der Waals surface area contributed by atoms with Gasteiger partial charge in [-0.15, -0.1) is 0 Å². The van der Waals surface area contributed by atoms with Crippen molar-refractivity contribution < 1.29 is 22.8 Å². The van der Waals surface area contributed by atoms with Crippen LogP contribution in [0.15, 0.2) is 53.4 Å². The van der Waals surface area contributed by atoms with Gasteiger partial charge >= 0.3 is 6.03 Å². The van der Waals surface area contributed by atoms with Gasteiger partial charge < -0.3 is 0 Å². The van der Waals surface area contributed by atoms with Gasteiger partial charge in [0.15, 0.2) is 5.78 Å². The fourth-order valence-corrected chi connectivity index (χ4v) is 5.55. The Hall–Kier alpha value is -3.04. The van der Waals surface area contributed by atoms with Gasteiger partial charge in [0.25, 0.3) is 5.91 Å². The number of carbonyl (C=O) groups excluding carboxylic acids is 3. The molecule has 2 aromatic carbocycles. The third kappa shape index (κ3) is 3.93. The Labute approximate surface area is 187 Å². The van der Waals surface area contributed by atoms with E-state index in [1.807, 2.05) is 19.1 Å². The number of ketones is 1. The molecule has 2 aliphatic heterocycles. The van der Waals surface area contributed by atoms with Crippen molar-refractivity contribution in [2.75, 3.05) is 24.5 Å². The summed E-state index contributed by atoms with van der Waals surface area (Å²) in [6.45, 7) is 4.15. The lowest BCUT2D eigenvalue weighted by atomic mass is 10.1. The average molecular weight is 456 g/mol. The maximum absolute atomic E-state index is 12.9. The Bertz CT molecular complexity index is 1150. The van der Waals surface area contributed by atoms with Gasteiger partial charge in [0, 0.05) is 24.3 Å². The van der Waals surface area contributed by atoms with Crippen LogP contribution in [0, 0.1) is 6.92 Å². The number of rotatable bonds is 6. The molecule has 2 heterocycles. The number of benzene rings is 2. The molecular formula is C23H25N3O5S. The first-order chi connectivity index (χ1) is 15.2. The second kappa shape index (κ2) is 8.48. The molecule has 8 nitrogen and oxygen atoms in total. The van der Waals surface area contributed by atoms with Crippen LogP contribution in [0.25, 0.3) is 0 Å². The third-order valence-electron chi connectivity index (χ3n) is 5.94. The maximum atomic E-state index is 12.9. The van der Waals surface area contributed by atoms with Gasteiger partial charge in [0.1, 0.15) is 6.04 Å². The van der Waals surface area contributed by atoms with Crippen molar-refractivity contribution in [1.29, 1.82) is 0 Å². The van der Waals surface area contributed by atoms with Crippen LogP contribution in [0.4, 0.5) is 10.5 Å². The largest absolute Gasteiger partial charge is 0.332 e. The lowest BCUT2D eigenvalue weighted by Gasteiger charge is -2.19. The van der Waals surface area contributed by atoms with Crippen LogP contribution in [0.3, 0.4) is 0 Å². The number of anilines is 1. The summed E-state index contributed by atoms with van der Waals surface area (Å²) in [6.07, 6.45) is 1.68. The van der Waals surface area contributed by atoms with Crippen molar-refractivity contribution in [3.8, 4) is 0 Å². The number of nitrogens with zero attached hydrogens (tertiary/aromatic N) is 3. The number of carbonyl (C=O) groups is 3. The highest BCUT2D eigenvalue weighted by Gasteiger charge is 2.44. The molecule has 0 aromatic heterocycles. The van der Waals surface area contributed by atoms with Crippen LogP contribution in [-0.2, 0) is 14.8 Å². The summed E-state index contributed by atoms with van der Waals surface area (Å²) in [5.74, 6) is -0.882. The van der Waals surface area contributed by atoms with E-state index in [0.717, 1.165) is 23.3 Å². The van der Waals surface area contributed by atoms with Crippen LogP contribution in [-0.4, -0.2) is 61.0 Å². The molecule has 168 valence electrons. The highest BCUT2D eigenvalue weighted by molar-refractivity contribution is 7.89. The summed E-state index contributed by atoms with van der Waals surface area (Å²) in [4.78, 5) is 40.8. The second-order valence-electron chi connectivity index (χ2n) is 8.15. The molecule has 9 heteroatoms. The number of sulfonamides is 1. The molecule has 0 spiro atoms. The molecule has 0 aliphatic carbocycles. The van der Waals surface area contributed by atoms with Crippen molar-refractivity contribution in [1.82, 2.24) is 9.21 Å². The van der Waals surface area contributed by atoms with Gasteiger partial charge in [-0.05, 0) is 63.1 Å². The molecule has 0 N–H and O–H groups in total. The fraction of sp³-hybridized carbons (Fsp3) is 0.348. The van der Waals surface area contributed by atoms with E-state index in [1.165, 1.54) is 33.5 Å². The van der Waals surface area contributed by atoms with Gasteiger partial charge in [-0.25, -0.2) is 13.2 Å². The number of aryl methyl sites for hydroxylation is 1. The molecule has 2 fully saturated rings. The molecule has 1 atom stereocenters. The number of urea groups is 1. The zero-order valence-corrected chi connectivity index (χ0v) is 18.8. The Kier molecular flexibility index (Phi) is 5.87. The summed E-state index contributed by atoms with van der Waals surface area (Å²) in [7, 11) is -3.57. The van der Waals surface area contributed by atoms with E-state index < -0.39 is 40.3 Å². The van der Waals surface area contributed by atoms with E-state index in [1.54, 1.807) is 19.1 Å². The molecule has 0 bridgehead atoms. The van der Waals surface area contributed by atoms with Crippen LogP contribution in [0.2, 0.25) is 0 Å². The minimum Gasteiger partial charge on any atom is -0.292 e. The first-order valence-electron chi connectivity index (χ1n) is 10.5. The van der Waals surface area contributed by atoms with Crippen LogP contribution in [0.1, 0.15) is 35.7 Å². The molecule has 0 saturated carbocycles. The minimum atomic E-state index is -3.57. The van der Waals surface area contributed by atoms with Crippen molar-refractivity contribution >= 4 is 33.4 Å². The quantitative estimate of drug-likeness (QED) is 0.493. The fourth-order valence-electron chi connectivity index (χ4n) is 4.04. The molecule has 0 unspecified atom stereocenters. The number of Topliss-reactive ketones (excluding diaryl/α,β-unsaturated/α-hetero) is 1. The Morgan fingerprint density at radius 3 is 2.16 bits per heavy atom. The molecule has 3 amide bonds. The molecular weight excluding hydrogens is 430 g/mol. The number of hydrogen-bond acceptors (Lipinski definition) is 5. The maximum Gasteiger partial charge on any atom is 0.332 e. The van der Waals surface area contributed by atoms with Crippen LogP contribution >= 0.6 is 0 Å². The summed E-state index contributed by atoms with van der Waals surface area (Å²) in [5, 5.41) is 0. The lowest BCUT2D eigenvalue weighted by molar-refractivity contribution is -0.126. The van der Waals surface area contributed by atoms with E-state index in [4.69, 9.17) is 0 Å². The Morgan fingerprint density at radius 1 is 0.969 bits per heavy atom. The standard InChI is InChI=1S/C23H25N3O5S/c1-16-5-9-19(10-6-16)26-17(2)22(28)25(23(26)29)15-21(27)18-7-11-20(12-8-18)32(30,31)24-13-3-4-14-24/h5-12,17H,3-4,13-15H2,1-2H3/t17-/m0/s1. The Balaban J connectivity index is 1.49. The molecule has 4 rings (SSSR count). The molecule has 2 aromatic rings. The smallest absolute Gasteiger partial charge is 0.292 e. The second-order valence-corrected chi connectivity index (χ2v) is 10.1. The normalized spacial score (nSPS) is 19.8. The van der Waals surface area contributed by atoms with Gasteiger partial charge in [-0.1, -0.05) is 17.7 Å². The summed E-state index contributed by atoms with van der Waals surface area (Å²) in [6, 6.07) is 11.6. The number of amides is 3. The predicted octanol–water partition coefficient (Wildman–Crippen LogP) is 2.82. The van der Waals surface area contributed by atoms with Crippen molar-refractivity contribution in [3.63, 3.8) is 0 Å². The van der Waals surface area contributed by atoms with Crippen molar-refractivity contribution in [3.05, 3.63) is 59.7 Å². The van der Waals surface area contributed by atoms with Crippen molar-refractivity contribution in [2.45, 2.75) is 37.6 Å². The van der Waals surface area contributed by atoms with E-state index in [0.29, 0.717) is 18.8 Å². The lowest BCUT2D eigenvalue weighted by Crippen LogP contribution is -2.37. The van der Waals surface area contributed by atoms with E-state index in [2.05, 4.69) is 0 Å². The molecule has 2 saturated heterocycles.